The van der Waals surface area contributed by atoms with Crippen molar-refractivity contribution in [2.75, 3.05) is 13.7 Å². The van der Waals surface area contributed by atoms with Crippen LogP contribution >= 0.6 is 0 Å². The van der Waals surface area contributed by atoms with Gasteiger partial charge in [0.05, 0.1) is 23.0 Å². The van der Waals surface area contributed by atoms with Gasteiger partial charge in [0.25, 0.3) is 5.91 Å². The van der Waals surface area contributed by atoms with Crippen LogP contribution in [0.1, 0.15) is 39.0 Å². The Bertz CT molecular complexity index is 802. The number of benzene rings is 1. The Morgan fingerprint density at radius 3 is 2.83 bits per heavy atom. The molecule has 0 radical (unpaired) electrons. The second-order valence-corrected chi connectivity index (χ2v) is 5.26. The number of hydrogen-bond donors (Lipinski definition) is 2. The monoisotopic (exact) mass is 319 g/mol. The van der Waals surface area contributed by atoms with E-state index < -0.39 is 23.7 Å². The zero-order valence-corrected chi connectivity index (χ0v) is 12.2. The topological polar surface area (TPSA) is 95.7 Å². The van der Waals surface area contributed by atoms with Crippen LogP contribution in [0.4, 0.5) is 4.39 Å². The quantitative estimate of drug-likeness (QED) is 0.887. The lowest BCUT2D eigenvalue weighted by molar-refractivity contribution is 0.0659. The van der Waals surface area contributed by atoms with E-state index >= 15 is 0 Å². The van der Waals surface area contributed by atoms with Crippen molar-refractivity contribution >= 4 is 11.9 Å². The lowest BCUT2D eigenvalue weighted by Gasteiger charge is -2.26. The van der Waals surface area contributed by atoms with E-state index in [1.807, 2.05) is 0 Å². The maximum absolute atomic E-state index is 13.6. The summed E-state index contributed by atoms with van der Waals surface area (Å²) in [5.41, 5.74) is 0.565. The first kappa shape index (κ1) is 15.2. The smallest absolute Gasteiger partial charge is 0.356 e. The van der Waals surface area contributed by atoms with E-state index in [1.165, 1.54) is 35.0 Å². The van der Waals surface area contributed by atoms with Crippen LogP contribution < -0.4 is 0 Å². The van der Waals surface area contributed by atoms with Gasteiger partial charge >= 0.3 is 5.97 Å². The number of hydrogen-bond acceptors (Lipinski definition) is 4. The number of aromatic carboxylic acids is 1. The maximum atomic E-state index is 13.6. The third-order valence-corrected chi connectivity index (χ3v) is 3.96. The molecule has 2 heterocycles. The zero-order chi connectivity index (χ0) is 16.7. The van der Waals surface area contributed by atoms with Crippen LogP contribution in [0.2, 0.25) is 0 Å². The van der Waals surface area contributed by atoms with Gasteiger partial charge in [-0.2, -0.15) is 0 Å². The molecule has 120 valence electrons. The van der Waals surface area contributed by atoms with Gasteiger partial charge in [-0.05, 0) is 24.6 Å². The van der Waals surface area contributed by atoms with Gasteiger partial charge in [-0.15, -0.1) is 0 Å². The van der Waals surface area contributed by atoms with Crippen LogP contribution in [0.15, 0.2) is 24.5 Å². The number of nitrogens with zero attached hydrogens (tertiary/aromatic N) is 3. The standard InChI is InChI=1S/C15H14FN3O4/c1-18-11(4-5-20)13-12(15(22)23)17-7-19(13)10-3-2-8(16)6-9(10)14(18)21/h2-3,6-7,11,20H,4-5H2,1H3,(H,22,23). The summed E-state index contributed by atoms with van der Waals surface area (Å²) in [6, 6.07) is 3.04. The van der Waals surface area contributed by atoms with Gasteiger partial charge < -0.3 is 15.1 Å². The van der Waals surface area contributed by atoms with Gasteiger partial charge in [0, 0.05) is 13.7 Å². The predicted octanol–water partition coefficient (Wildman–Crippen LogP) is 1.22. The molecule has 1 aliphatic rings. The van der Waals surface area contributed by atoms with Crippen molar-refractivity contribution in [3.8, 4) is 5.69 Å². The van der Waals surface area contributed by atoms with Crippen molar-refractivity contribution in [3.05, 3.63) is 47.3 Å². The lowest BCUT2D eigenvalue weighted by Crippen LogP contribution is -2.31. The molecule has 23 heavy (non-hydrogen) atoms. The second kappa shape index (κ2) is 5.47. The Labute approximate surface area is 130 Å². The number of aliphatic hydroxyl groups is 1. The number of carboxylic acid groups (broad SMARTS) is 1. The van der Waals surface area contributed by atoms with Crippen molar-refractivity contribution in [1.29, 1.82) is 0 Å². The fourth-order valence-corrected chi connectivity index (χ4v) is 2.89. The Kier molecular flexibility index (Phi) is 3.61. The zero-order valence-electron chi connectivity index (χ0n) is 12.2. The molecular weight excluding hydrogens is 305 g/mol. The maximum Gasteiger partial charge on any atom is 0.356 e. The average Bonchev–Trinajstić information content (AvgIpc) is 2.92. The number of rotatable bonds is 3. The first-order chi connectivity index (χ1) is 11.0. The minimum atomic E-state index is -1.23. The summed E-state index contributed by atoms with van der Waals surface area (Å²) < 4.78 is 15.0. The summed E-state index contributed by atoms with van der Waals surface area (Å²) in [4.78, 5) is 29.3. The Hall–Kier alpha value is -2.74. The van der Waals surface area contributed by atoms with Crippen LogP contribution in [0, 0.1) is 5.82 Å². The first-order valence-corrected chi connectivity index (χ1v) is 6.94. The van der Waals surface area contributed by atoms with Crippen molar-refractivity contribution in [3.63, 3.8) is 0 Å². The molecule has 3 rings (SSSR count). The lowest BCUT2D eigenvalue weighted by atomic mass is 10.1. The summed E-state index contributed by atoms with van der Waals surface area (Å²) in [5, 5.41) is 18.6. The number of fused-ring (bicyclic) bond motifs is 3. The molecular formula is C15H14FN3O4. The molecule has 0 spiro atoms. The molecule has 8 heteroatoms. The van der Waals surface area contributed by atoms with Crippen LogP contribution in [-0.4, -0.2) is 50.2 Å². The highest BCUT2D eigenvalue weighted by Crippen LogP contribution is 2.34. The number of carbonyl (C=O) groups is 2. The van der Waals surface area contributed by atoms with Gasteiger partial charge in [-0.25, -0.2) is 14.2 Å². The number of aliphatic hydroxyl groups excluding tert-OH is 1. The number of imidazole rings is 1. The molecule has 2 aromatic rings. The molecule has 0 fully saturated rings. The SMILES string of the molecule is CN1C(=O)c2cc(F)ccc2-n2cnc(C(=O)O)c2C1CCO. The van der Waals surface area contributed by atoms with E-state index in [-0.39, 0.29) is 30.0 Å². The Morgan fingerprint density at radius 2 is 2.17 bits per heavy atom. The highest BCUT2D eigenvalue weighted by molar-refractivity contribution is 5.99. The van der Waals surface area contributed by atoms with Gasteiger partial charge in [0.15, 0.2) is 5.69 Å². The molecule has 1 aromatic heterocycles. The summed E-state index contributed by atoms with van der Waals surface area (Å²) in [7, 11) is 1.49. The van der Waals surface area contributed by atoms with Gasteiger partial charge in [0.1, 0.15) is 12.1 Å². The highest BCUT2D eigenvalue weighted by Gasteiger charge is 2.35. The predicted molar refractivity (Wildman–Crippen MR) is 77.0 cm³/mol. The number of carbonyl (C=O) groups excluding carboxylic acids is 1. The van der Waals surface area contributed by atoms with E-state index in [4.69, 9.17) is 0 Å². The fourth-order valence-electron chi connectivity index (χ4n) is 2.89. The number of amides is 1. The number of aromatic nitrogens is 2. The normalized spacial score (nSPS) is 16.7. The molecule has 7 nitrogen and oxygen atoms in total. The summed E-state index contributed by atoms with van der Waals surface area (Å²) in [5.74, 6) is -2.24. The summed E-state index contributed by atoms with van der Waals surface area (Å²) >= 11 is 0. The third kappa shape index (κ3) is 2.27. The van der Waals surface area contributed by atoms with E-state index in [0.717, 1.165) is 6.07 Å². The van der Waals surface area contributed by atoms with Crippen LogP contribution in [0.3, 0.4) is 0 Å². The van der Waals surface area contributed by atoms with Gasteiger partial charge in [-0.1, -0.05) is 0 Å². The Balaban J connectivity index is 2.33. The summed E-state index contributed by atoms with van der Waals surface area (Å²) in [6.07, 6.45) is 1.44. The van der Waals surface area contributed by atoms with Gasteiger partial charge in [-0.3, -0.25) is 9.36 Å². The van der Waals surface area contributed by atoms with Crippen molar-refractivity contribution < 1.29 is 24.2 Å². The van der Waals surface area contributed by atoms with Crippen LogP contribution in [0.25, 0.3) is 5.69 Å². The van der Waals surface area contributed by atoms with Crippen molar-refractivity contribution in [1.82, 2.24) is 14.5 Å². The largest absolute Gasteiger partial charge is 0.476 e. The van der Waals surface area contributed by atoms with Crippen LogP contribution in [0.5, 0.6) is 0 Å². The molecule has 2 N–H and O–H groups in total. The van der Waals surface area contributed by atoms with Crippen molar-refractivity contribution in [2.24, 2.45) is 0 Å². The minimum Gasteiger partial charge on any atom is -0.476 e. The molecule has 1 aliphatic heterocycles. The molecule has 0 bridgehead atoms. The molecule has 1 atom stereocenters. The molecule has 1 unspecified atom stereocenters. The summed E-state index contributed by atoms with van der Waals surface area (Å²) in [6.45, 7) is -0.239. The second-order valence-electron chi connectivity index (χ2n) is 5.26. The average molecular weight is 319 g/mol. The van der Waals surface area contributed by atoms with E-state index in [0.29, 0.717) is 5.69 Å². The van der Waals surface area contributed by atoms with E-state index in [9.17, 15) is 24.2 Å². The third-order valence-electron chi connectivity index (χ3n) is 3.96. The molecule has 0 aliphatic carbocycles. The number of carboxylic acids is 1. The molecule has 1 aromatic carbocycles. The number of halogens is 1. The van der Waals surface area contributed by atoms with Crippen molar-refractivity contribution in [2.45, 2.75) is 12.5 Å². The molecule has 0 saturated carbocycles. The van der Waals surface area contributed by atoms with E-state index in [1.54, 1.807) is 0 Å². The molecule has 0 saturated heterocycles. The highest BCUT2D eigenvalue weighted by atomic mass is 19.1. The Morgan fingerprint density at radius 1 is 1.43 bits per heavy atom. The van der Waals surface area contributed by atoms with E-state index in [2.05, 4.69) is 4.98 Å². The first-order valence-electron chi connectivity index (χ1n) is 6.94. The minimum absolute atomic E-state index is 0.114. The van der Waals surface area contributed by atoms with Crippen LogP contribution in [-0.2, 0) is 0 Å². The van der Waals surface area contributed by atoms with Gasteiger partial charge in [0.2, 0.25) is 0 Å². The molecule has 1 amide bonds. The fraction of sp³-hybridized carbons (Fsp3) is 0.267.